The maximum atomic E-state index is 6.45. The predicted molar refractivity (Wildman–Crippen MR) is 104 cm³/mol. The summed E-state index contributed by atoms with van der Waals surface area (Å²) in [5.41, 5.74) is 3.16. The number of tetrazole rings is 1. The molecule has 142 valence electrons. The molecule has 0 aliphatic heterocycles. The highest BCUT2D eigenvalue weighted by atomic mass is 35.5. The highest BCUT2D eigenvalue weighted by molar-refractivity contribution is 6.31. The Balaban J connectivity index is 1.73. The molecule has 0 unspecified atom stereocenters. The third-order valence-electron chi connectivity index (χ3n) is 4.25. The Morgan fingerprint density at radius 1 is 1.15 bits per heavy atom. The van der Waals surface area contributed by atoms with Crippen LogP contribution in [0, 0.1) is 6.92 Å². The minimum Gasteiger partial charge on any atom is -0.493 e. The third kappa shape index (κ3) is 4.49. The molecule has 3 aromatic rings. The summed E-state index contributed by atoms with van der Waals surface area (Å²) < 4.78 is 13.1. The smallest absolute Gasteiger partial charge is 0.243 e. The molecular formula is C19H22ClN5O2. The third-order valence-corrected chi connectivity index (χ3v) is 4.60. The zero-order valence-corrected chi connectivity index (χ0v) is 16.3. The van der Waals surface area contributed by atoms with E-state index >= 15 is 0 Å². The van der Waals surface area contributed by atoms with Gasteiger partial charge in [-0.2, -0.15) is 0 Å². The second-order valence-corrected chi connectivity index (χ2v) is 6.39. The molecule has 0 amide bonds. The van der Waals surface area contributed by atoms with Gasteiger partial charge in [-0.3, -0.25) is 0 Å². The normalized spacial score (nSPS) is 10.7. The lowest BCUT2D eigenvalue weighted by Crippen LogP contribution is -2.08. The zero-order chi connectivity index (χ0) is 19.2. The van der Waals surface area contributed by atoms with Crippen molar-refractivity contribution < 1.29 is 9.47 Å². The van der Waals surface area contributed by atoms with E-state index in [2.05, 4.69) is 33.8 Å². The molecule has 2 aromatic carbocycles. The number of nitrogens with one attached hydrogen (secondary N) is 1. The van der Waals surface area contributed by atoms with E-state index in [1.807, 2.05) is 31.2 Å². The first kappa shape index (κ1) is 19.0. The summed E-state index contributed by atoms with van der Waals surface area (Å²) in [5, 5.41) is 15.3. The molecular weight excluding hydrogens is 366 g/mol. The maximum Gasteiger partial charge on any atom is 0.243 e. The van der Waals surface area contributed by atoms with Gasteiger partial charge < -0.3 is 14.8 Å². The lowest BCUT2D eigenvalue weighted by molar-refractivity contribution is 0.284. The van der Waals surface area contributed by atoms with Gasteiger partial charge in [0.2, 0.25) is 5.95 Å². The van der Waals surface area contributed by atoms with Crippen molar-refractivity contribution in [3.05, 3.63) is 58.1 Å². The van der Waals surface area contributed by atoms with E-state index in [1.165, 1.54) is 5.56 Å². The van der Waals surface area contributed by atoms with Crippen molar-refractivity contribution >= 4 is 17.5 Å². The average molecular weight is 388 g/mol. The summed E-state index contributed by atoms with van der Waals surface area (Å²) in [4.78, 5) is 0. The number of rotatable bonds is 8. The monoisotopic (exact) mass is 387 g/mol. The molecule has 0 fully saturated rings. The van der Waals surface area contributed by atoms with Crippen LogP contribution in [0.2, 0.25) is 5.02 Å². The molecule has 0 saturated carbocycles. The Labute approximate surface area is 163 Å². The van der Waals surface area contributed by atoms with E-state index in [9.17, 15) is 0 Å². The van der Waals surface area contributed by atoms with Gasteiger partial charge in [0.25, 0.3) is 0 Å². The standard InChI is InChI=1S/C19H22ClN5O2/c1-4-25-19(22-23-24-25)21-11-15-9-17(26-3)18(10-16(15)20)27-12-14-8-6-5-7-13(14)2/h5-10H,4,11-12H2,1-3H3,(H,21,22,24). The SMILES string of the molecule is CCn1nnnc1NCc1cc(OC)c(OCc2ccccc2C)cc1Cl. The molecule has 3 rings (SSSR count). The lowest BCUT2D eigenvalue weighted by atomic mass is 10.1. The van der Waals surface area contributed by atoms with Crippen LogP contribution < -0.4 is 14.8 Å². The topological polar surface area (TPSA) is 74.1 Å². The maximum absolute atomic E-state index is 6.45. The largest absolute Gasteiger partial charge is 0.493 e. The van der Waals surface area contributed by atoms with Crippen LogP contribution in [0.1, 0.15) is 23.6 Å². The van der Waals surface area contributed by atoms with E-state index < -0.39 is 0 Å². The van der Waals surface area contributed by atoms with Gasteiger partial charge in [0, 0.05) is 24.2 Å². The summed E-state index contributed by atoms with van der Waals surface area (Å²) in [6.45, 7) is 5.62. The fraction of sp³-hybridized carbons (Fsp3) is 0.316. The second kappa shape index (κ2) is 8.73. The lowest BCUT2D eigenvalue weighted by Gasteiger charge is -2.15. The Kier molecular flexibility index (Phi) is 6.13. The minimum atomic E-state index is 0.447. The Morgan fingerprint density at radius 2 is 1.96 bits per heavy atom. The molecule has 1 N–H and O–H groups in total. The van der Waals surface area contributed by atoms with Crippen molar-refractivity contribution in [2.24, 2.45) is 0 Å². The molecule has 0 atom stereocenters. The molecule has 1 aromatic heterocycles. The molecule has 0 aliphatic rings. The van der Waals surface area contributed by atoms with E-state index in [4.69, 9.17) is 21.1 Å². The number of benzene rings is 2. The summed E-state index contributed by atoms with van der Waals surface area (Å²) in [6, 6.07) is 11.7. The number of hydrogen-bond donors (Lipinski definition) is 1. The van der Waals surface area contributed by atoms with Crippen LogP contribution in [0.15, 0.2) is 36.4 Å². The summed E-state index contributed by atoms with van der Waals surface area (Å²) in [5.74, 6) is 1.82. The first-order valence-electron chi connectivity index (χ1n) is 8.66. The fourth-order valence-electron chi connectivity index (χ4n) is 2.63. The molecule has 0 radical (unpaired) electrons. The molecule has 7 nitrogen and oxygen atoms in total. The summed E-state index contributed by atoms with van der Waals surface area (Å²) in [7, 11) is 1.61. The Hall–Kier alpha value is -2.80. The van der Waals surface area contributed by atoms with Crippen LogP contribution in [0.4, 0.5) is 5.95 Å². The van der Waals surface area contributed by atoms with Crippen molar-refractivity contribution in [3.63, 3.8) is 0 Å². The van der Waals surface area contributed by atoms with Gasteiger partial charge in [0.1, 0.15) is 6.61 Å². The first-order chi connectivity index (χ1) is 13.1. The van der Waals surface area contributed by atoms with Crippen LogP contribution in [0.25, 0.3) is 0 Å². The van der Waals surface area contributed by atoms with Crippen molar-refractivity contribution in [2.75, 3.05) is 12.4 Å². The molecule has 1 heterocycles. The van der Waals surface area contributed by atoms with Crippen LogP contribution in [-0.4, -0.2) is 27.3 Å². The van der Waals surface area contributed by atoms with Crippen molar-refractivity contribution in [2.45, 2.75) is 33.5 Å². The van der Waals surface area contributed by atoms with Crippen LogP contribution >= 0.6 is 11.6 Å². The van der Waals surface area contributed by atoms with Crippen LogP contribution in [0.3, 0.4) is 0 Å². The van der Waals surface area contributed by atoms with Crippen LogP contribution in [0.5, 0.6) is 11.5 Å². The van der Waals surface area contributed by atoms with E-state index in [-0.39, 0.29) is 0 Å². The molecule has 0 spiro atoms. The second-order valence-electron chi connectivity index (χ2n) is 5.98. The predicted octanol–water partition coefficient (Wildman–Crippen LogP) is 3.85. The number of hydrogen-bond acceptors (Lipinski definition) is 6. The fourth-order valence-corrected chi connectivity index (χ4v) is 2.85. The van der Waals surface area contributed by atoms with Gasteiger partial charge in [0.15, 0.2) is 11.5 Å². The number of aryl methyl sites for hydroxylation is 2. The number of aromatic nitrogens is 4. The van der Waals surface area contributed by atoms with Gasteiger partial charge in [-0.15, -0.1) is 0 Å². The quantitative estimate of drug-likeness (QED) is 0.632. The van der Waals surface area contributed by atoms with Gasteiger partial charge in [-0.05, 0) is 47.0 Å². The van der Waals surface area contributed by atoms with E-state index in [0.717, 1.165) is 11.1 Å². The summed E-state index contributed by atoms with van der Waals surface area (Å²) >= 11 is 6.45. The first-order valence-corrected chi connectivity index (χ1v) is 9.04. The number of ether oxygens (including phenoxy) is 2. The number of methoxy groups -OCH3 is 1. The zero-order valence-electron chi connectivity index (χ0n) is 15.6. The van der Waals surface area contributed by atoms with Gasteiger partial charge in [0.05, 0.1) is 7.11 Å². The van der Waals surface area contributed by atoms with Crippen LogP contribution in [-0.2, 0) is 19.7 Å². The highest BCUT2D eigenvalue weighted by Crippen LogP contribution is 2.34. The van der Waals surface area contributed by atoms with E-state index in [1.54, 1.807) is 17.9 Å². The molecule has 8 heteroatoms. The van der Waals surface area contributed by atoms with Gasteiger partial charge in [-0.1, -0.05) is 41.0 Å². The van der Waals surface area contributed by atoms with Crippen molar-refractivity contribution in [1.29, 1.82) is 0 Å². The molecule has 0 bridgehead atoms. The number of anilines is 1. The molecule has 0 saturated heterocycles. The minimum absolute atomic E-state index is 0.447. The number of halogens is 1. The molecule has 27 heavy (non-hydrogen) atoms. The van der Waals surface area contributed by atoms with Crippen molar-refractivity contribution in [1.82, 2.24) is 20.2 Å². The molecule has 0 aliphatic carbocycles. The summed E-state index contributed by atoms with van der Waals surface area (Å²) in [6.07, 6.45) is 0. The Morgan fingerprint density at radius 3 is 2.70 bits per heavy atom. The van der Waals surface area contributed by atoms with E-state index in [0.29, 0.717) is 42.2 Å². The average Bonchev–Trinajstić information content (AvgIpc) is 3.14. The Bertz CT molecular complexity index is 913. The van der Waals surface area contributed by atoms with Gasteiger partial charge in [-0.25, -0.2) is 4.68 Å². The number of nitrogens with zero attached hydrogens (tertiary/aromatic N) is 4. The van der Waals surface area contributed by atoms with Gasteiger partial charge >= 0.3 is 0 Å². The van der Waals surface area contributed by atoms with Crippen molar-refractivity contribution in [3.8, 4) is 11.5 Å². The highest BCUT2D eigenvalue weighted by Gasteiger charge is 2.12.